The second kappa shape index (κ2) is 4.94. The molecule has 13 heavy (non-hydrogen) atoms. The fourth-order valence-corrected chi connectivity index (χ4v) is 1.94. The van der Waals surface area contributed by atoms with Gasteiger partial charge in [-0.2, -0.15) is 0 Å². The average Bonchev–Trinajstić information content (AvgIpc) is 2.08. The van der Waals surface area contributed by atoms with Gasteiger partial charge in [-0.3, -0.25) is 0 Å². The van der Waals surface area contributed by atoms with Gasteiger partial charge in [-0.05, 0) is 39.0 Å². The van der Waals surface area contributed by atoms with Gasteiger partial charge in [0.2, 0.25) is 0 Å². The van der Waals surface area contributed by atoms with Gasteiger partial charge in [-0.25, -0.2) is 0 Å². The Hall–Kier alpha value is -0.120. The van der Waals surface area contributed by atoms with Gasteiger partial charge in [0.15, 0.2) is 0 Å². The second-order valence-corrected chi connectivity index (χ2v) is 4.20. The average molecular weight is 187 g/mol. The fourth-order valence-electron chi connectivity index (χ4n) is 1.94. The Balaban J connectivity index is 2.21. The van der Waals surface area contributed by atoms with Gasteiger partial charge >= 0.3 is 0 Å². The summed E-state index contributed by atoms with van der Waals surface area (Å²) < 4.78 is 0. The number of hydrogen-bond donors (Lipinski definition) is 3. The normalized spacial score (nSPS) is 22.4. The van der Waals surface area contributed by atoms with E-state index in [0.717, 1.165) is 25.7 Å². The van der Waals surface area contributed by atoms with Crippen molar-refractivity contribution in [1.82, 2.24) is 5.32 Å². The predicted molar refractivity (Wildman–Crippen MR) is 52.6 cm³/mol. The molecule has 1 atom stereocenters. The zero-order chi connectivity index (χ0) is 9.73. The first-order valence-electron chi connectivity index (χ1n) is 5.22. The quantitative estimate of drug-likeness (QED) is 0.572. The molecule has 0 bridgehead atoms. The van der Waals surface area contributed by atoms with Crippen LogP contribution in [0.25, 0.3) is 0 Å². The lowest BCUT2D eigenvalue weighted by Crippen LogP contribution is -2.56. The summed E-state index contributed by atoms with van der Waals surface area (Å²) >= 11 is 0. The van der Waals surface area contributed by atoms with Gasteiger partial charge < -0.3 is 15.5 Å². The number of aliphatic hydroxyl groups is 2. The van der Waals surface area contributed by atoms with Crippen molar-refractivity contribution in [1.29, 1.82) is 0 Å². The zero-order valence-corrected chi connectivity index (χ0v) is 8.42. The molecule has 0 heterocycles. The molecule has 3 N–H and O–H groups in total. The molecule has 1 unspecified atom stereocenters. The van der Waals surface area contributed by atoms with Crippen LogP contribution in [0.5, 0.6) is 0 Å². The molecule has 0 radical (unpaired) electrons. The van der Waals surface area contributed by atoms with E-state index >= 15 is 0 Å². The molecular formula is C10H21NO2. The van der Waals surface area contributed by atoms with Crippen LogP contribution in [-0.4, -0.2) is 35.0 Å². The maximum absolute atomic E-state index is 9.20. The van der Waals surface area contributed by atoms with E-state index in [1.54, 1.807) is 0 Å². The lowest BCUT2D eigenvalue weighted by Gasteiger charge is -2.43. The molecule has 0 saturated heterocycles. The van der Waals surface area contributed by atoms with Crippen molar-refractivity contribution in [3.63, 3.8) is 0 Å². The van der Waals surface area contributed by atoms with E-state index in [2.05, 4.69) is 12.2 Å². The van der Waals surface area contributed by atoms with Crippen LogP contribution in [0.15, 0.2) is 0 Å². The van der Waals surface area contributed by atoms with Crippen molar-refractivity contribution >= 4 is 0 Å². The van der Waals surface area contributed by atoms with Gasteiger partial charge in [0, 0.05) is 18.2 Å². The monoisotopic (exact) mass is 187 g/mol. The van der Waals surface area contributed by atoms with Crippen molar-refractivity contribution in [2.75, 3.05) is 13.2 Å². The highest BCUT2D eigenvalue weighted by Crippen LogP contribution is 2.31. The van der Waals surface area contributed by atoms with Crippen molar-refractivity contribution in [3.05, 3.63) is 0 Å². The standard InChI is InChI=1S/C10H21NO2/c1-9(4-2-7-12)11-10(8-13)5-3-6-10/h9,11-13H,2-8H2,1H3. The Bertz CT molecular complexity index is 140. The number of hydrogen-bond acceptors (Lipinski definition) is 3. The van der Waals surface area contributed by atoms with Crippen molar-refractivity contribution in [3.8, 4) is 0 Å². The Kier molecular flexibility index (Phi) is 4.16. The zero-order valence-electron chi connectivity index (χ0n) is 8.42. The third-order valence-corrected chi connectivity index (χ3v) is 2.96. The molecule has 1 aliphatic carbocycles. The first-order chi connectivity index (χ1) is 6.22. The molecule has 0 aromatic rings. The van der Waals surface area contributed by atoms with Crippen LogP contribution in [0.1, 0.15) is 39.0 Å². The van der Waals surface area contributed by atoms with Crippen LogP contribution >= 0.6 is 0 Å². The molecule has 78 valence electrons. The fraction of sp³-hybridized carbons (Fsp3) is 1.00. The summed E-state index contributed by atoms with van der Waals surface area (Å²) in [4.78, 5) is 0. The van der Waals surface area contributed by atoms with Crippen LogP contribution in [-0.2, 0) is 0 Å². The van der Waals surface area contributed by atoms with Gasteiger partial charge in [0.25, 0.3) is 0 Å². The van der Waals surface area contributed by atoms with E-state index in [9.17, 15) is 5.11 Å². The van der Waals surface area contributed by atoms with Crippen molar-refractivity contribution in [2.24, 2.45) is 0 Å². The molecule has 1 rings (SSSR count). The van der Waals surface area contributed by atoms with Gasteiger partial charge in [0.1, 0.15) is 0 Å². The Labute approximate surface area is 80.2 Å². The SMILES string of the molecule is CC(CCCO)NC1(CO)CCC1. The lowest BCUT2D eigenvalue weighted by atomic mass is 9.77. The highest BCUT2D eigenvalue weighted by molar-refractivity contribution is 4.96. The molecule has 3 heteroatoms. The smallest absolute Gasteiger partial charge is 0.0613 e. The second-order valence-electron chi connectivity index (χ2n) is 4.20. The number of rotatable bonds is 6. The molecule has 1 fully saturated rings. The highest BCUT2D eigenvalue weighted by Gasteiger charge is 2.36. The summed E-state index contributed by atoms with van der Waals surface area (Å²) in [6.07, 6.45) is 5.23. The van der Waals surface area contributed by atoms with Gasteiger partial charge in [-0.1, -0.05) is 0 Å². The number of nitrogens with one attached hydrogen (secondary N) is 1. The van der Waals surface area contributed by atoms with E-state index < -0.39 is 0 Å². The molecular weight excluding hydrogens is 166 g/mol. The maximum Gasteiger partial charge on any atom is 0.0613 e. The third kappa shape index (κ3) is 2.93. The van der Waals surface area contributed by atoms with Crippen molar-refractivity contribution < 1.29 is 10.2 Å². The van der Waals surface area contributed by atoms with Crippen molar-refractivity contribution in [2.45, 2.75) is 50.6 Å². The van der Waals surface area contributed by atoms with E-state index in [1.807, 2.05) is 0 Å². The summed E-state index contributed by atoms with van der Waals surface area (Å²) in [5.41, 5.74) is 0.00880. The molecule has 0 aromatic carbocycles. The molecule has 0 amide bonds. The Morgan fingerprint density at radius 3 is 2.46 bits per heavy atom. The highest BCUT2D eigenvalue weighted by atomic mass is 16.3. The minimum absolute atomic E-state index is 0.00880. The minimum Gasteiger partial charge on any atom is -0.396 e. The van der Waals surface area contributed by atoms with E-state index in [-0.39, 0.29) is 18.8 Å². The maximum atomic E-state index is 9.20. The Morgan fingerprint density at radius 1 is 1.38 bits per heavy atom. The summed E-state index contributed by atoms with van der Waals surface area (Å²) in [6.45, 7) is 2.62. The minimum atomic E-state index is 0.00880. The van der Waals surface area contributed by atoms with E-state index in [1.165, 1.54) is 6.42 Å². The lowest BCUT2D eigenvalue weighted by molar-refractivity contribution is 0.0765. The first kappa shape index (κ1) is 11.0. The van der Waals surface area contributed by atoms with Gasteiger partial charge in [-0.15, -0.1) is 0 Å². The van der Waals surface area contributed by atoms with Crippen LogP contribution in [0, 0.1) is 0 Å². The molecule has 0 aliphatic heterocycles. The third-order valence-electron chi connectivity index (χ3n) is 2.96. The molecule has 0 spiro atoms. The summed E-state index contributed by atoms with van der Waals surface area (Å²) in [7, 11) is 0. The molecule has 0 aromatic heterocycles. The van der Waals surface area contributed by atoms with Crippen LogP contribution < -0.4 is 5.32 Å². The summed E-state index contributed by atoms with van der Waals surface area (Å²) in [5.74, 6) is 0. The Morgan fingerprint density at radius 2 is 2.08 bits per heavy atom. The predicted octanol–water partition coefficient (Wildman–Crippen LogP) is 0.652. The van der Waals surface area contributed by atoms with Crippen LogP contribution in [0.2, 0.25) is 0 Å². The van der Waals surface area contributed by atoms with Crippen LogP contribution in [0.4, 0.5) is 0 Å². The van der Waals surface area contributed by atoms with Crippen LogP contribution in [0.3, 0.4) is 0 Å². The summed E-state index contributed by atoms with van der Waals surface area (Å²) in [5, 5.41) is 21.3. The molecule has 3 nitrogen and oxygen atoms in total. The summed E-state index contributed by atoms with van der Waals surface area (Å²) in [6, 6.07) is 0.402. The van der Waals surface area contributed by atoms with E-state index in [4.69, 9.17) is 5.11 Å². The largest absolute Gasteiger partial charge is 0.396 e. The first-order valence-corrected chi connectivity index (χ1v) is 5.22. The van der Waals surface area contributed by atoms with E-state index in [0.29, 0.717) is 6.04 Å². The molecule has 1 saturated carbocycles. The number of aliphatic hydroxyl groups excluding tert-OH is 2. The van der Waals surface area contributed by atoms with Gasteiger partial charge in [0.05, 0.1) is 6.61 Å². The topological polar surface area (TPSA) is 52.5 Å². The molecule has 1 aliphatic rings.